The normalized spacial score (nSPS) is 23.9. The van der Waals surface area contributed by atoms with Crippen molar-refractivity contribution >= 4 is 5.97 Å². The van der Waals surface area contributed by atoms with Gasteiger partial charge in [-0.05, 0) is 38.1 Å². The topological polar surface area (TPSA) is 47.6 Å². The lowest BCUT2D eigenvalue weighted by molar-refractivity contribution is -0.148. The maximum atomic E-state index is 11.0. The van der Waals surface area contributed by atoms with Gasteiger partial charge in [-0.1, -0.05) is 19.8 Å². The lowest BCUT2D eigenvalue weighted by Crippen LogP contribution is -2.29. The molecule has 1 fully saturated rings. The van der Waals surface area contributed by atoms with Crippen LogP contribution in [0.4, 0.5) is 0 Å². The molecule has 1 aliphatic rings. The lowest BCUT2D eigenvalue weighted by atomic mass is 9.83. The van der Waals surface area contributed by atoms with Crippen molar-refractivity contribution in [3.05, 3.63) is 0 Å². The fourth-order valence-electron chi connectivity index (χ4n) is 2.34. The minimum atomic E-state index is -0.279. The van der Waals surface area contributed by atoms with E-state index in [1.165, 1.54) is 25.7 Å². The van der Waals surface area contributed by atoms with Gasteiger partial charge in [0.05, 0.1) is 13.2 Å². The van der Waals surface area contributed by atoms with Gasteiger partial charge in [0, 0.05) is 6.54 Å². The minimum Gasteiger partial charge on any atom is -0.464 e. The molecule has 0 bridgehead atoms. The van der Waals surface area contributed by atoms with Crippen LogP contribution in [-0.2, 0) is 14.3 Å². The van der Waals surface area contributed by atoms with E-state index in [0.29, 0.717) is 13.2 Å². The van der Waals surface area contributed by atoms with Gasteiger partial charge in [-0.15, -0.1) is 0 Å². The molecule has 1 aliphatic carbocycles. The molecule has 0 spiro atoms. The Bertz CT molecular complexity index is 225. The van der Waals surface area contributed by atoms with Gasteiger partial charge in [0.1, 0.15) is 6.61 Å². The van der Waals surface area contributed by atoms with Crippen molar-refractivity contribution in [3.8, 4) is 0 Å². The molecule has 106 valence electrons. The Morgan fingerprint density at radius 1 is 1.28 bits per heavy atom. The molecular weight excluding hydrogens is 230 g/mol. The van der Waals surface area contributed by atoms with E-state index in [-0.39, 0.29) is 12.6 Å². The van der Waals surface area contributed by atoms with Crippen molar-refractivity contribution in [2.45, 2.75) is 39.5 Å². The number of hydrogen-bond acceptors (Lipinski definition) is 4. The Hall–Kier alpha value is -0.610. The molecule has 4 heteroatoms. The molecule has 1 saturated carbocycles. The van der Waals surface area contributed by atoms with Gasteiger partial charge < -0.3 is 14.8 Å². The van der Waals surface area contributed by atoms with E-state index >= 15 is 0 Å². The first kappa shape index (κ1) is 15.4. The van der Waals surface area contributed by atoms with Crippen molar-refractivity contribution < 1.29 is 14.3 Å². The molecule has 1 rings (SSSR count). The van der Waals surface area contributed by atoms with E-state index in [0.717, 1.165) is 24.9 Å². The molecule has 18 heavy (non-hydrogen) atoms. The molecule has 0 amide bonds. The molecule has 0 radical (unpaired) electrons. The van der Waals surface area contributed by atoms with Crippen LogP contribution in [0.5, 0.6) is 0 Å². The highest BCUT2D eigenvalue weighted by Crippen LogP contribution is 2.27. The third-order valence-electron chi connectivity index (χ3n) is 3.52. The molecule has 0 aromatic heterocycles. The second-order valence-corrected chi connectivity index (χ2v) is 5.19. The van der Waals surface area contributed by atoms with Crippen LogP contribution in [0, 0.1) is 11.8 Å². The van der Waals surface area contributed by atoms with E-state index in [9.17, 15) is 4.79 Å². The van der Waals surface area contributed by atoms with Crippen molar-refractivity contribution in [2.24, 2.45) is 11.8 Å². The summed E-state index contributed by atoms with van der Waals surface area (Å²) in [6.07, 6.45) is 5.42. The smallest absolute Gasteiger partial charge is 0.332 e. The van der Waals surface area contributed by atoms with Crippen LogP contribution in [0.25, 0.3) is 0 Å². The van der Waals surface area contributed by atoms with Crippen LogP contribution >= 0.6 is 0 Å². The number of carbonyl (C=O) groups is 1. The number of nitrogens with one attached hydrogen (secondary N) is 1. The second kappa shape index (κ2) is 9.34. The van der Waals surface area contributed by atoms with Gasteiger partial charge in [-0.3, -0.25) is 0 Å². The fraction of sp³-hybridized carbons (Fsp3) is 0.929. The quantitative estimate of drug-likeness (QED) is 0.533. The highest BCUT2D eigenvalue weighted by atomic mass is 16.6. The first-order chi connectivity index (χ1) is 8.72. The predicted octanol–water partition coefficient (Wildman–Crippen LogP) is 1.98. The number of carbonyl (C=O) groups excluding carboxylic acids is 1. The predicted molar refractivity (Wildman–Crippen MR) is 71.4 cm³/mol. The molecular formula is C14H27NO3. The third-order valence-corrected chi connectivity index (χ3v) is 3.52. The van der Waals surface area contributed by atoms with E-state index in [1.807, 2.05) is 0 Å². The van der Waals surface area contributed by atoms with Crippen LogP contribution in [0.1, 0.15) is 39.5 Å². The maximum absolute atomic E-state index is 11.0. The Morgan fingerprint density at radius 2 is 2.00 bits per heavy atom. The highest BCUT2D eigenvalue weighted by molar-refractivity contribution is 5.70. The Kier molecular flexibility index (Phi) is 8.01. The molecule has 0 unspecified atom stereocenters. The molecule has 0 aromatic rings. The average Bonchev–Trinajstić information content (AvgIpc) is 2.36. The number of ether oxygens (including phenoxy) is 2. The van der Waals surface area contributed by atoms with Crippen molar-refractivity contribution in [1.29, 1.82) is 0 Å². The van der Waals surface area contributed by atoms with E-state index in [2.05, 4.69) is 12.2 Å². The zero-order valence-electron chi connectivity index (χ0n) is 11.7. The molecule has 0 saturated heterocycles. The number of esters is 1. The second-order valence-electron chi connectivity index (χ2n) is 5.19. The van der Waals surface area contributed by atoms with Crippen molar-refractivity contribution in [2.75, 3.05) is 32.9 Å². The standard InChI is InChI=1S/C14H27NO3/c1-3-18-14(16)11-17-9-8-15-10-13-6-4-12(2)5-7-13/h12-13,15H,3-11H2,1-2H3. The summed E-state index contributed by atoms with van der Waals surface area (Å²) in [6.45, 7) is 7.08. The Balaban J connectivity index is 1.88. The summed E-state index contributed by atoms with van der Waals surface area (Å²) in [5.74, 6) is 1.46. The number of rotatable bonds is 8. The van der Waals surface area contributed by atoms with Crippen LogP contribution < -0.4 is 5.32 Å². The summed E-state index contributed by atoms with van der Waals surface area (Å²) in [6, 6.07) is 0. The Labute approximate surface area is 110 Å². The average molecular weight is 257 g/mol. The van der Waals surface area contributed by atoms with Crippen LogP contribution in [0.3, 0.4) is 0 Å². The third kappa shape index (κ3) is 6.97. The monoisotopic (exact) mass is 257 g/mol. The minimum absolute atomic E-state index is 0.0659. The van der Waals surface area contributed by atoms with Crippen LogP contribution in [0.15, 0.2) is 0 Å². The lowest BCUT2D eigenvalue weighted by Gasteiger charge is -2.26. The zero-order chi connectivity index (χ0) is 13.2. The van der Waals surface area contributed by atoms with Gasteiger partial charge in [0.25, 0.3) is 0 Å². The van der Waals surface area contributed by atoms with Crippen LogP contribution in [0.2, 0.25) is 0 Å². The summed E-state index contributed by atoms with van der Waals surface area (Å²) in [7, 11) is 0. The maximum Gasteiger partial charge on any atom is 0.332 e. The molecule has 1 N–H and O–H groups in total. The molecule has 0 aliphatic heterocycles. The molecule has 0 atom stereocenters. The number of hydrogen-bond donors (Lipinski definition) is 1. The van der Waals surface area contributed by atoms with Gasteiger partial charge in [-0.2, -0.15) is 0 Å². The Morgan fingerprint density at radius 3 is 2.67 bits per heavy atom. The molecule has 0 heterocycles. The summed E-state index contributed by atoms with van der Waals surface area (Å²) in [5.41, 5.74) is 0. The SMILES string of the molecule is CCOC(=O)COCCNCC1CCC(C)CC1. The summed E-state index contributed by atoms with van der Waals surface area (Å²) < 4.78 is 9.99. The largest absolute Gasteiger partial charge is 0.464 e. The fourth-order valence-corrected chi connectivity index (χ4v) is 2.34. The molecule has 4 nitrogen and oxygen atoms in total. The molecule has 0 aromatic carbocycles. The van der Waals surface area contributed by atoms with E-state index in [4.69, 9.17) is 9.47 Å². The van der Waals surface area contributed by atoms with Gasteiger partial charge in [-0.25, -0.2) is 4.79 Å². The highest BCUT2D eigenvalue weighted by Gasteiger charge is 2.17. The first-order valence-electron chi connectivity index (χ1n) is 7.16. The summed E-state index contributed by atoms with van der Waals surface area (Å²) in [4.78, 5) is 11.0. The van der Waals surface area contributed by atoms with E-state index in [1.54, 1.807) is 6.92 Å². The van der Waals surface area contributed by atoms with E-state index < -0.39 is 0 Å². The summed E-state index contributed by atoms with van der Waals surface area (Å²) >= 11 is 0. The van der Waals surface area contributed by atoms with Crippen molar-refractivity contribution in [1.82, 2.24) is 5.32 Å². The van der Waals surface area contributed by atoms with Gasteiger partial charge in [0.2, 0.25) is 0 Å². The summed E-state index contributed by atoms with van der Waals surface area (Å²) in [5, 5.41) is 3.40. The van der Waals surface area contributed by atoms with Gasteiger partial charge >= 0.3 is 5.97 Å². The van der Waals surface area contributed by atoms with Crippen molar-refractivity contribution in [3.63, 3.8) is 0 Å². The zero-order valence-corrected chi connectivity index (χ0v) is 11.7. The first-order valence-corrected chi connectivity index (χ1v) is 7.16. The van der Waals surface area contributed by atoms with Gasteiger partial charge in [0.15, 0.2) is 0 Å². The van der Waals surface area contributed by atoms with Crippen LogP contribution in [-0.4, -0.2) is 38.9 Å².